The van der Waals surface area contributed by atoms with Crippen LogP contribution in [-0.4, -0.2) is 0 Å². The van der Waals surface area contributed by atoms with Crippen LogP contribution in [0.5, 0.6) is 0 Å². The fraction of sp³-hybridized carbons (Fsp3) is 0.308. The lowest BCUT2D eigenvalue weighted by atomic mass is 9.85. The van der Waals surface area contributed by atoms with E-state index < -0.39 is 0 Å². The molecular formula is C26H28INO. The number of rotatable bonds is 2. The first kappa shape index (κ1) is 20.3. The van der Waals surface area contributed by atoms with E-state index in [4.69, 9.17) is 4.42 Å². The van der Waals surface area contributed by atoms with Crippen molar-refractivity contribution in [2.24, 2.45) is 0 Å². The second-order valence-corrected chi connectivity index (χ2v) is 10.7. The molecule has 4 aromatic rings. The van der Waals surface area contributed by atoms with Crippen LogP contribution in [0.3, 0.4) is 0 Å². The van der Waals surface area contributed by atoms with Crippen LogP contribution in [-0.2, 0) is 10.8 Å². The van der Waals surface area contributed by atoms with Gasteiger partial charge in [-0.3, -0.25) is 3.11 Å². The van der Waals surface area contributed by atoms with E-state index in [2.05, 4.69) is 128 Å². The quantitative estimate of drug-likeness (QED) is 0.204. The summed E-state index contributed by atoms with van der Waals surface area (Å²) >= 11 is 2.41. The van der Waals surface area contributed by atoms with Crippen LogP contribution in [0.1, 0.15) is 52.7 Å². The third kappa shape index (κ3) is 3.54. The maximum absolute atomic E-state index is 6.56. The topological polar surface area (TPSA) is 16.4 Å². The monoisotopic (exact) mass is 497 g/mol. The molecule has 0 atom stereocenters. The van der Waals surface area contributed by atoms with Crippen LogP contribution in [0.25, 0.3) is 21.9 Å². The van der Waals surface area contributed by atoms with Gasteiger partial charge in [0.2, 0.25) is 0 Å². The number of hydrogen-bond acceptors (Lipinski definition) is 2. The van der Waals surface area contributed by atoms with Gasteiger partial charge in [0, 0.05) is 16.3 Å². The Morgan fingerprint density at radius 1 is 0.621 bits per heavy atom. The van der Waals surface area contributed by atoms with Gasteiger partial charge in [0.1, 0.15) is 5.58 Å². The van der Waals surface area contributed by atoms with Crippen molar-refractivity contribution in [1.29, 1.82) is 0 Å². The molecule has 4 rings (SSSR count). The zero-order chi connectivity index (χ0) is 21.0. The molecule has 0 aliphatic heterocycles. The SMILES string of the molecule is CC(C)(C)c1ccccc1N(I)c1cccc2c1oc1c(C(C)(C)C)cccc12. The Bertz CT molecular complexity index is 1190. The highest BCUT2D eigenvalue weighted by Crippen LogP contribution is 2.44. The van der Waals surface area contributed by atoms with Gasteiger partial charge in [-0.2, -0.15) is 0 Å². The Balaban J connectivity index is 1.97. The predicted octanol–water partition coefficient (Wildman–Crippen LogP) is 8.67. The molecule has 3 aromatic carbocycles. The van der Waals surface area contributed by atoms with Gasteiger partial charge in [-0.25, -0.2) is 0 Å². The zero-order valence-corrected chi connectivity index (χ0v) is 20.2. The smallest absolute Gasteiger partial charge is 0.159 e. The summed E-state index contributed by atoms with van der Waals surface area (Å²) in [7, 11) is 0. The number of para-hydroxylation sites is 3. The number of benzene rings is 3. The van der Waals surface area contributed by atoms with E-state index in [-0.39, 0.29) is 10.8 Å². The van der Waals surface area contributed by atoms with Gasteiger partial charge in [0.25, 0.3) is 0 Å². The molecule has 2 nitrogen and oxygen atoms in total. The number of fused-ring (bicyclic) bond motifs is 3. The van der Waals surface area contributed by atoms with Gasteiger partial charge >= 0.3 is 0 Å². The first-order valence-corrected chi connectivity index (χ1v) is 11.1. The fourth-order valence-electron chi connectivity index (χ4n) is 3.96. The normalized spacial score (nSPS) is 12.7. The first-order valence-electron chi connectivity index (χ1n) is 10.1. The van der Waals surface area contributed by atoms with Gasteiger partial charge in [-0.15, -0.1) is 0 Å². The predicted molar refractivity (Wildman–Crippen MR) is 134 cm³/mol. The summed E-state index contributed by atoms with van der Waals surface area (Å²) in [4.78, 5) is 0. The minimum atomic E-state index is 0.0242. The van der Waals surface area contributed by atoms with Gasteiger partial charge in [-0.05, 0) is 28.5 Å². The zero-order valence-electron chi connectivity index (χ0n) is 18.0. The number of nitrogens with zero attached hydrogens (tertiary/aromatic N) is 1. The summed E-state index contributed by atoms with van der Waals surface area (Å²) in [6, 6.07) is 21.6. The van der Waals surface area contributed by atoms with Gasteiger partial charge in [0.15, 0.2) is 5.58 Å². The number of furan rings is 1. The number of hydrogen-bond donors (Lipinski definition) is 0. The van der Waals surface area contributed by atoms with E-state index in [1.165, 1.54) is 27.6 Å². The van der Waals surface area contributed by atoms with Crippen LogP contribution in [0, 0.1) is 0 Å². The highest BCUT2D eigenvalue weighted by Gasteiger charge is 2.25. The van der Waals surface area contributed by atoms with Gasteiger partial charge in [0.05, 0.1) is 34.2 Å². The molecule has 0 spiro atoms. The molecule has 150 valence electrons. The summed E-state index contributed by atoms with van der Waals surface area (Å²) in [5.41, 5.74) is 6.86. The lowest BCUT2D eigenvalue weighted by Crippen LogP contribution is -2.15. The standard InChI is InChI=1S/C26H28INO/c1-25(2,3)19-13-7-8-15-21(19)28(27)22-16-10-12-18-17-11-9-14-20(26(4,5)6)23(17)29-24(18)22/h7-16H,1-6H3. The summed E-state index contributed by atoms with van der Waals surface area (Å²) in [6.45, 7) is 13.5. The minimum Gasteiger partial charge on any atom is -0.454 e. The van der Waals surface area contributed by atoms with Crippen molar-refractivity contribution in [3.05, 3.63) is 71.8 Å². The van der Waals surface area contributed by atoms with Crippen molar-refractivity contribution in [1.82, 2.24) is 0 Å². The summed E-state index contributed by atoms with van der Waals surface area (Å²) in [6.07, 6.45) is 0. The van der Waals surface area contributed by atoms with E-state index >= 15 is 0 Å². The molecule has 0 aliphatic carbocycles. The van der Waals surface area contributed by atoms with Crippen LogP contribution in [0.2, 0.25) is 0 Å². The average molecular weight is 497 g/mol. The summed E-state index contributed by atoms with van der Waals surface area (Å²) < 4.78 is 8.80. The Kier molecular flexibility index (Phi) is 4.93. The lowest BCUT2D eigenvalue weighted by Gasteiger charge is -2.27. The molecule has 0 bridgehead atoms. The molecule has 0 saturated heterocycles. The molecule has 29 heavy (non-hydrogen) atoms. The van der Waals surface area contributed by atoms with E-state index in [1.54, 1.807) is 0 Å². The van der Waals surface area contributed by atoms with Crippen LogP contribution in [0.4, 0.5) is 11.4 Å². The number of anilines is 2. The highest BCUT2D eigenvalue weighted by atomic mass is 127. The molecule has 1 heterocycles. The molecule has 0 aliphatic rings. The van der Waals surface area contributed by atoms with Crippen LogP contribution < -0.4 is 3.11 Å². The van der Waals surface area contributed by atoms with E-state index in [0.717, 1.165) is 16.9 Å². The molecule has 0 N–H and O–H groups in total. The maximum Gasteiger partial charge on any atom is 0.159 e. The number of halogens is 1. The first-order chi connectivity index (χ1) is 13.6. The summed E-state index contributed by atoms with van der Waals surface area (Å²) in [5, 5.41) is 2.35. The van der Waals surface area contributed by atoms with Crippen molar-refractivity contribution in [3.8, 4) is 0 Å². The van der Waals surface area contributed by atoms with Gasteiger partial charge in [-0.1, -0.05) is 90.1 Å². The average Bonchev–Trinajstić information content (AvgIpc) is 3.04. The van der Waals surface area contributed by atoms with Crippen LogP contribution in [0.15, 0.2) is 65.1 Å². The lowest BCUT2D eigenvalue weighted by molar-refractivity contribution is 0.573. The van der Waals surface area contributed by atoms with Crippen molar-refractivity contribution >= 4 is 56.2 Å². The Morgan fingerprint density at radius 3 is 1.79 bits per heavy atom. The van der Waals surface area contributed by atoms with Crippen molar-refractivity contribution in [2.45, 2.75) is 52.4 Å². The van der Waals surface area contributed by atoms with Crippen LogP contribution >= 0.6 is 22.9 Å². The largest absolute Gasteiger partial charge is 0.454 e. The molecule has 0 radical (unpaired) electrons. The maximum atomic E-state index is 6.56. The summed E-state index contributed by atoms with van der Waals surface area (Å²) in [5.74, 6) is 0. The molecule has 1 aromatic heterocycles. The van der Waals surface area contributed by atoms with E-state index in [9.17, 15) is 0 Å². The fourth-order valence-corrected chi connectivity index (χ4v) is 4.76. The van der Waals surface area contributed by atoms with Crippen molar-refractivity contribution < 1.29 is 4.42 Å². The molecule has 0 unspecified atom stereocenters. The molecule has 0 saturated carbocycles. The Morgan fingerprint density at radius 2 is 1.14 bits per heavy atom. The Labute approximate surface area is 187 Å². The molecule has 0 fully saturated rings. The van der Waals surface area contributed by atoms with Crippen molar-refractivity contribution in [2.75, 3.05) is 3.11 Å². The second kappa shape index (κ2) is 7.05. The minimum absolute atomic E-state index is 0.0242. The van der Waals surface area contributed by atoms with E-state index in [0.29, 0.717) is 0 Å². The van der Waals surface area contributed by atoms with E-state index in [1.807, 2.05) is 0 Å². The molecule has 3 heteroatoms. The Hall–Kier alpha value is -2.01. The third-order valence-electron chi connectivity index (χ3n) is 5.45. The molecule has 0 amide bonds. The third-order valence-corrected chi connectivity index (χ3v) is 6.49. The molecular weight excluding hydrogens is 469 g/mol. The van der Waals surface area contributed by atoms with Gasteiger partial charge < -0.3 is 4.42 Å². The van der Waals surface area contributed by atoms with Crippen molar-refractivity contribution in [3.63, 3.8) is 0 Å². The highest BCUT2D eigenvalue weighted by molar-refractivity contribution is 14.1. The second-order valence-electron chi connectivity index (χ2n) is 9.74.